The largest absolute Gasteiger partial charge is 0.466 e. The Labute approximate surface area is 163 Å². The van der Waals surface area contributed by atoms with Gasteiger partial charge in [-0.2, -0.15) is 0 Å². The molecule has 27 heavy (non-hydrogen) atoms. The summed E-state index contributed by atoms with van der Waals surface area (Å²) in [7, 11) is 0. The maximum atomic E-state index is 12.6. The summed E-state index contributed by atoms with van der Waals surface area (Å²) in [5, 5.41) is 5.24. The van der Waals surface area contributed by atoms with Crippen molar-refractivity contribution >= 4 is 34.3 Å². The molecular weight excluding hydrogens is 366 g/mol. The molecule has 148 valence electrons. The summed E-state index contributed by atoms with van der Waals surface area (Å²) in [6, 6.07) is 0. The van der Waals surface area contributed by atoms with Crippen LogP contribution in [0.15, 0.2) is 5.38 Å². The average Bonchev–Trinajstić information content (AvgIpc) is 3.34. The number of nitrogens with one attached hydrogen (secondary N) is 1. The minimum Gasteiger partial charge on any atom is -0.466 e. The van der Waals surface area contributed by atoms with E-state index in [0.717, 1.165) is 38.5 Å². The highest BCUT2D eigenvalue weighted by Crippen LogP contribution is 2.27. The predicted molar refractivity (Wildman–Crippen MR) is 102 cm³/mol. The van der Waals surface area contributed by atoms with Crippen molar-refractivity contribution in [2.45, 2.75) is 51.9 Å². The molecule has 1 saturated heterocycles. The van der Waals surface area contributed by atoms with Gasteiger partial charge in [-0.15, -0.1) is 11.3 Å². The molecule has 0 bridgehead atoms. The topological polar surface area (TPSA) is 88.6 Å². The number of hydrogen-bond acceptors (Lipinski definition) is 6. The summed E-state index contributed by atoms with van der Waals surface area (Å²) in [5.41, 5.74) is 0.657. The molecule has 1 aromatic heterocycles. The lowest BCUT2D eigenvalue weighted by atomic mass is 9.98. The Balaban J connectivity index is 1.51. The number of thiazole rings is 1. The van der Waals surface area contributed by atoms with E-state index in [-0.39, 0.29) is 36.0 Å². The van der Waals surface area contributed by atoms with Gasteiger partial charge in [0.2, 0.25) is 11.8 Å². The molecule has 1 N–H and O–H groups in total. The number of piperidine rings is 1. The van der Waals surface area contributed by atoms with E-state index in [4.69, 9.17) is 4.74 Å². The number of likely N-dealkylation sites (tertiary alicyclic amines) is 1. The number of rotatable bonds is 6. The number of hydrogen-bond donors (Lipinski definition) is 1. The molecule has 0 aromatic carbocycles. The van der Waals surface area contributed by atoms with Gasteiger partial charge in [-0.05, 0) is 32.6 Å². The summed E-state index contributed by atoms with van der Waals surface area (Å²) in [4.78, 5) is 42.8. The van der Waals surface area contributed by atoms with E-state index in [1.807, 2.05) is 5.38 Å². The Kier molecular flexibility index (Phi) is 6.82. The third kappa shape index (κ3) is 5.28. The maximum absolute atomic E-state index is 12.6. The molecule has 1 unspecified atom stereocenters. The fraction of sp³-hybridized carbons (Fsp3) is 0.684. The van der Waals surface area contributed by atoms with Crippen LogP contribution in [0.25, 0.3) is 0 Å². The van der Waals surface area contributed by atoms with Crippen molar-refractivity contribution in [3.8, 4) is 0 Å². The van der Waals surface area contributed by atoms with E-state index in [2.05, 4.69) is 10.3 Å². The van der Waals surface area contributed by atoms with Gasteiger partial charge in [0.05, 0.1) is 24.6 Å². The van der Waals surface area contributed by atoms with Crippen molar-refractivity contribution in [3.63, 3.8) is 0 Å². The molecule has 2 aliphatic rings. The molecule has 1 saturated carbocycles. The van der Waals surface area contributed by atoms with Crippen LogP contribution < -0.4 is 5.32 Å². The molecule has 8 heteroatoms. The fourth-order valence-corrected chi connectivity index (χ4v) is 4.48. The molecular formula is C19H27N3O4S. The van der Waals surface area contributed by atoms with Gasteiger partial charge in [-0.3, -0.25) is 14.4 Å². The number of ether oxygens (including phenoxy) is 1. The van der Waals surface area contributed by atoms with Gasteiger partial charge in [-0.25, -0.2) is 4.98 Å². The first-order chi connectivity index (χ1) is 13.1. The zero-order valence-electron chi connectivity index (χ0n) is 15.7. The summed E-state index contributed by atoms with van der Waals surface area (Å²) in [6.45, 7) is 3.21. The van der Waals surface area contributed by atoms with Crippen LogP contribution in [0.5, 0.6) is 0 Å². The van der Waals surface area contributed by atoms with Gasteiger partial charge >= 0.3 is 5.97 Å². The Morgan fingerprint density at radius 2 is 1.96 bits per heavy atom. The van der Waals surface area contributed by atoms with Gasteiger partial charge in [-0.1, -0.05) is 12.8 Å². The predicted octanol–water partition coefficient (Wildman–Crippen LogP) is 2.62. The van der Waals surface area contributed by atoms with E-state index in [9.17, 15) is 14.4 Å². The quantitative estimate of drug-likeness (QED) is 0.751. The van der Waals surface area contributed by atoms with E-state index in [0.29, 0.717) is 30.5 Å². The SMILES string of the molecule is CCOC(=O)C1CCCN(C(=O)Cc2csc(NC(=O)C3CCCC3)n2)C1. The molecule has 2 amide bonds. The molecule has 1 aliphatic heterocycles. The van der Waals surface area contributed by atoms with Crippen LogP contribution in [0.4, 0.5) is 5.13 Å². The second-order valence-electron chi connectivity index (χ2n) is 7.22. The second-order valence-corrected chi connectivity index (χ2v) is 8.08. The van der Waals surface area contributed by atoms with Crippen LogP contribution in [0.1, 0.15) is 51.1 Å². The zero-order valence-corrected chi connectivity index (χ0v) is 16.6. The van der Waals surface area contributed by atoms with Crippen LogP contribution >= 0.6 is 11.3 Å². The zero-order chi connectivity index (χ0) is 19.2. The van der Waals surface area contributed by atoms with Crippen molar-refractivity contribution in [2.75, 3.05) is 25.0 Å². The molecule has 7 nitrogen and oxygen atoms in total. The summed E-state index contributed by atoms with van der Waals surface area (Å²) in [6.07, 6.45) is 5.85. The first-order valence-corrected chi connectivity index (χ1v) is 10.6. The van der Waals surface area contributed by atoms with Crippen molar-refractivity contribution in [2.24, 2.45) is 11.8 Å². The highest BCUT2D eigenvalue weighted by molar-refractivity contribution is 7.13. The third-order valence-corrected chi connectivity index (χ3v) is 6.04. The summed E-state index contributed by atoms with van der Waals surface area (Å²) >= 11 is 1.35. The van der Waals surface area contributed by atoms with Crippen molar-refractivity contribution in [3.05, 3.63) is 11.1 Å². The number of nitrogens with zero attached hydrogens (tertiary/aromatic N) is 2. The smallest absolute Gasteiger partial charge is 0.310 e. The molecule has 2 fully saturated rings. The minimum absolute atomic E-state index is 0.0352. The van der Waals surface area contributed by atoms with Crippen LogP contribution in [0.3, 0.4) is 0 Å². The first kappa shape index (κ1) is 19.8. The van der Waals surface area contributed by atoms with E-state index >= 15 is 0 Å². The van der Waals surface area contributed by atoms with Gasteiger partial charge < -0.3 is 15.0 Å². The number of anilines is 1. The normalized spacial score (nSPS) is 20.5. The number of esters is 1. The van der Waals surface area contributed by atoms with Crippen LogP contribution in [0.2, 0.25) is 0 Å². The molecule has 3 rings (SSSR count). The van der Waals surface area contributed by atoms with Gasteiger partial charge in [0.25, 0.3) is 0 Å². The molecule has 1 atom stereocenters. The molecule has 0 radical (unpaired) electrons. The lowest BCUT2D eigenvalue weighted by Gasteiger charge is -2.31. The van der Waals surface area contributed by atoms with Crippen LogP contribution in [0, 0.1) is 11.8 Å². The van der Waals surface area contributed by atoms with Gasteiger partial charge in [0, 0.05) is 24.4 Å². The highest BCUT2D eigenvalue weighted by Gasteiger charge is 2.29. The fourth-order valence-electron chi connectivity index (χ4n) is 3.76. The number of carbonyl (C=O) groups is 3. The Morgan fingerprint density at radius 1 is 1.22 bits per heavy atom. The Hall–Kier alpha value is -1.96. The molecule has 1 aliphatic carbocycles. The van der Waals surface area contributed by atoms with Crippen molar-refractivity contribution < 1.29 is 19.1 Å². The van der Waals surface area contributed by atoms with Gasteiger partial charge in [0.1, 0.15) is 0 Å². The van der Waals surface area contributed by atoms with Crippen molar-refractivity contribution in [1.82, 2.24) is 9.88 Å². The molecule has 0 spiro atoms. The van der Waals surface area contributed by atoms with E-state index in [1.54, 1.807) is 11.8 Å². The second kappa shape index (κ2) is 9.30. The van der Waals surface area contributed by atoms with Gasteiger partial charge in [0.15, 0.2) is 5.13 Å². The van der Waals surface area contributed by atoms with Crippen LogP contribution in [-0.2, 0) is 25.5 Å². The minimum atomic E-state index is -0.237. The maximum Gasteiger partial charge on any atom is 0.310 e. The standard InChI is InChI=1S/C19H27N3O4S/c1-2-26-18(25)14-8-5-9-22(11-14)16(23)10-15-12-27-19(20-15)21-17(24)13-6-3-4-7-13/h12-14H,2-11H2,1H3,(H,20,21,24). The molecule has 1 aromatic rings. The highest BCUT2D eigenvalue weighted by atomic mass is 32.1. The van der Waals surface area contributed by atoms with Crippen LogP contribution in [-0.4, -0.2) is 47.4 Å². The lowest BCUT2D eigenvalue weighted by molar-refractivity contribution is -0.151. The number of amides is 2. The number of aromatic nitrogens is 1. The molecule has 2 heterocycles. The lowest BCUT2D eigenvalue weighted by Crippen LogP contribution is -2.43. The monoisotopic (exact) mass is 393 g/mol. The number of carbonyl (C=O) groups excluding carboxylic acids is 3. The van der Waals surface area contributed by atoms with Crippen molar-refractivity contribution in [1.29, 1.82) is 0 Å². The Morgan fingerprint density at radius 3 is 2.70 bits per heavy atom. The van der Waals surface area contributed by atoms with E-state index < -0.39 is 0 Å². The summed E-state index contributed by atoms with van der Waals surface area (Å²) < 4.78 is 5.08. The first-order valence-electron chi connectivity index (χ1n) is 9.76. The van der Waals surface area contributed by atoms with E-state index in [1.165, 1.54) is 11.3 Å². The average molecular weight is 394 g/mol. The summed E-state index contributed by atoms with van der Waals surface area (Å²) in [5.74, 6) is -0.372. The third-order valence-electron chi connectivity index (χ3n) is 5.23. The Bertz CT molecular complexity index is 684.